The Morgan fingerprint density at radius 2 is 1.88 bits per heavy atom. The largest absolute Gasteiger partial charge is 0.472 e. The van der Waals surface area contributed by atoms with Gasteiger partial charge in [0, 0.05) is 0 Å². The summed E-state index contributed by atoms with van der Waals surface area (Å²) in [6.45, 7) is 3.25. The lowest BCUT2D eigenvalue weighted by molar-refractivity contribution is -0.183. The van der Waals surface area contributed by atoms with E-state index in [-0.39, 0.29) is 3.93 Å². The highest BCUT2D eigenvalue weighted by atomic mass is 79.9. The molecule has 0 fully saturated rings. The lowest BCUT2D eigenvalue weighted by Crippen LogP contribution is -2.48. The summed E-state index contributed by atoms with van der Waals surface area (Å²) >= 11 is 2.49. The number of methoxy groups -OCH3 is 1. The maximum atomic E-state index is 12.2. The van der Waals surface area contributed by atoms with Crippen LogP contribution >= 0.6 is 16.1 Å². The summed E-state index contributed by atoms with van der Waals surface area (Å²) in [5.74, 6) is -3.49. The van der Waals surface area contributed by atoms with Crippen LogP contribution in [0.2, 0.25) is 0 Å². The number of alkyl halides is 3. The summed E-state index contributed by atoms with van der Waals surface area (Å²) in [7, 11) is 1.05. The van der Waals surface area contributed by atoms with Crippen LogP contribution in [0.4, 0.5) is 13.2 Å². The van der Waals surface area contributed by atoms with Crippen molar-refractivity contribution in [3.05, 3.63) is 0 Å². The predicted molar refractivity (Wildman–Crippen MR) is 57.1 cm³/mol. The van der Waals surface area contributed by atoms with Crippen molar-refractivity contribution in [1.29, 1.82) is 0 Å². The van der Waals surface area contributed by atoms with E-state index in [1.54, 1.807) is 13.8 Å². The predicted octanol–water partition coefficient (Wildman–Crippen LogP) is 2.27. The minimum absolute atomic E-state index is 0.201. The van der Waals surface area contributed by atoms with Crippen molar-refractivity contribution in [2.75, 3.05) is 7.11 Å². The third kappa shape index (κ3) is 4.18. The number of esters is 1. The van der Waals surface area contributed by atoms with Gasteiger partial charge >= 0.3 is 18.1 Å². The summed E-state index contributed by atoms with van der Waals surface area (Å²) in [5, 5.41) is 0. The molecular weight excluding hydrogens is 307 g/mol. The molecule has 0 spiro atoms. The number of rotatable bonds is 4. The molecule has 0 saturated heterocycles. The zero-order valence-electron chi connectivity index (χ0n) is 9.55. The van der Waals surface area contributed by atoms with Gasteiger partial charge in [0.1, 0.15) is 6.04 Å². The van der Waals surface area contributed by atoms with Gasteiger partial charge in [-0.15, -0.1) is 0 Å². The highest BCUT2D eigenvalue weighted by molar-refractivity contribution is 9.07. The second kappa shape index (κ2) is 6.23. The lowest BCUT2D eigenvalue weighted by Gasteiger charge is -2.28. The van der Waals surface area contributed by atoms with Crippen LogP contribution < -0.4 is 0 Å². The average Bonchev–Trinajstić information content (AvgIpc) is 2.26. The number of carbonyl (C=O) groups excluding carboxylic acids is 2. The van der Waals surface area contributed by atoms with Crippen LogP contribution in [0.5, 0.6) is 0 Å². The Kier molecular flexibility index (Phi) is 5.94. The molecule has 0 aliphatic rings. The van der Waals surface area contributed by atoms with E-state index in [4.69, 9.17) is 0 Å². The summed E-state index contributed by atoms with van der Waals surface area (Å²) in [6.07, 6.45) is -4.61. The fraction of sp³-hybridized carbons (Fsp3) is 0.778. The molecule has 0 N–H and O–H groups in total. The Morgan fingerprint density at radius 3 is 2.18 bits per heavy atom. The van der Waals surface area contributed by atoms with Gasteiger partial charge in [-0.05, 0) is 5.92 Å². The highest BCUT2D eigenvalue weighted by Crippen LogP contribution is 2.26. The van der Waals surface area contributed by atoms with Gasteiger partial charge in [-0.3, -0.25) is 8.72 Å². The normalized spacial score (nSPS) is 15.0. The van der Waals surface area contributed by atoms with Gasteiger partial charge in [-0.2, -0.15) is 13.2 Å². The molecule has 4 nitrogen and oxygen atoms in total. The Labute approximate surface area is 105 Å². The first kappa shape index (κ1) is 16.2. The van der Waals surface area contributed by atoms with Gasteiger partial charge in [-0.25, -0.2) is 4.79 Å². The number of hydrogen-bond acceptors (Lipinski definition) is 3. The Hall–Kier alpha value is -0.790. The van der Waals surface area contributed by atoms with Crippen molar-refractivity contribution in [3.8, 4) is 0 Å². The number of ether oxygens (including phenoxy) is 1. The molecule has 0 aromatic rings. The highest BCUT2D eigenvalue weighted by Gasteiger charge is 2.47. The molecule has 2 atom stereocenters. The molecule has 0 unspecified atom stereocenters. The topological polar surface area (TPSA) is 46.6 Å². The molecule has 0 aliphatic heterocycles. The third-order valence-electron chi connectivity index (χ3n) is 2.31. The molecule has 0 heterocycles. The minimum Gasteiger partial charge on any atom is -0.467 e. The number of carbonyl (C=O) groups is 2. The van der Waals surface area contributed by atoms with Crippen molar-refractivity contribution in [2.24, 2.45) is 5.92 Å². The van der Waals surface area contributed by atoms with E-state index in [1.165, 1.54) is 0 Å². The van der Waals surface area contributed by atoms with Crippen molar-refractivity contribution in [1.82, 2.24) is 3.93 Å². The van der Waals surface area contributed by atoms with Crippen LogP contribution in [0.25, 0.3) is 0 Å². The third-order valence-corrected chi connectivity index (χ3v) is 3.07. The number of nitrogens with zero attached hydrogens (tertiary/aromatic N) is 1. The zero-order chi connectivity index (χ0) is 13.8. The second-order valence-corrected chi connectivity index (χ2v) is 4.23. The molecule has 0 aromatic carbocycles. The smallest absolute Gasteiger partial charge is 0.467 e. The monoisotopic (exact) mass is 319 g/mol. The van der Waals surface area contributed by atoms with E-state index in [0.29, 0.717) is 6.42 Å². The van der Waals surface area contributed by atoms with Gasteiger partial charge in [0.05, 0.1) is 23.3 Å². The first-order chi connectivity index (χ1) is 7.66. The van der Waals surface area contributed by atoms with E-state index in [9.17, 15) is 22.8 Å². The van der Waals surface area contributed by atoms with Crippen LogP contribution in [-0.2, 0) is 14.3 Å². The molecule has 17 heavy (non-hydrogen) atoms. The minimum atomic E-state index is -5.04. The Morgan fingerprint density at radius 1 is 1.41 bits per heavy atom. The molecule has 8 heteroatoms. The first-order valence-electron chi connectivity index (χ1n) is 4.80. The molecule has 1 amide bonds. The van der Waals surface area contributed by atoms with Crippen LogP contribution in [0.3, 0.4) is 0 Å². The molecular formula is C9H13BrF3NO3. The maximum absolute atomic E-state index is 12.2. The van der Waals surface area contributed by atoms with E-state index >= 15 is 0 Å². The molecule has 0 rings (SSSR count). The fourth-order valence-corrected chi connectivity index (χ4v) is 1.91. The van der Waals surface area contributed by atoms with Gasteiger partial charge in [0.25, 0.3) is 0 Å². The number of amides is 1. The van der Waals surface area contributed by atoms with Gasteiger partial charge in [-0.1, -0.05) is 20.3 Å². The quantitative estimate of drug-likeness (QED) is 0.590. The summed E-state index contributed by atoms with van der Waals surface area (Å²) < 4.78 is 41.3. The van der Waals surface area contributed by atoms with Crippen LogP contribution in [0.15, 0.2) is 0 Å². The van der Waals surface area contributed by atoms with E-state index in [1.807, 2.05) is 0 Å². The molecule has 0 saturated carbocycles. The Bertz CT molecular complexity index is 296. The summed E-state index contributed by atoms with van der Waals surface area (Å²) in [4.78, 5) is 22.4. The number of hydrogen-bond donors (Lipinski definition) is 0. The average molecular weight is 320 g/mol. The molecule has 100 valence electrons. The second-order valence-electron chi connectivity index (χ2n) is 3.47. The lowest BCUT2D eigenvalue weighted by atomic mass is 9.99. The van der Waals surface area contributed by atoms with E-state index in [0.717, 1.165) is 7.11 Å². The standard InChI is InChI=1S/C9H13BrF3NO3/c1-4-5(2)6(7(15)17-3)14(10)8(16)9(11,12)13/h5-6H,4H2,1-3H3/t5-,6-/m0/s1. The van der Waals surface area contributed by atoms with E-state index < -0.39 is 30.0 Å². The molecule has 0 aliphatic carbocycles. The van der Waals surface area contributed by atoms with Crippen molar-refractivity contribution in [3.63, 3.8) is 0 Å². The summed E-state index contributed by atoms with van der Waals surface area (Å²) in [5.41, 5.74) is 0. The van der Waals surface area contributed by atoms with Crippen LogP contribution in [0.1, 0.15) is 20.3 Å². The first-order valence-corrected chi connectivity index (χ1v) is 5.51. The fourth-order valence-electron chi connectivity index (χ4n) is 1.14. The summed E-state index contributed by atoms with van der Waals surface area (Å²) in [6, 6.07) is -1.31. The van der Waals surface area contributed by atoms with Crippen molar-refractivity contribution in [2.45, 2.75) is 32.5 Å². The van der Waals surface area contributed by atoms with E-state index in [2.05, 4.69) is 20.9 Å². The van der Waals surface area contributed by atoms with Crippen molar-refractivity contribution < 1.29 is 27.5 Å². The maximum Gasteiger partial charge on any atom is 0.472 e. The molecule has 0 aromatic heterocycles. The van der Waals surface area contributed by atoms with Crippen LogP contribution in [-0.4, -0.2) is 35.1 Å². The van der Waals surface area contributed by atoms with Gasteiger partial charge in [0.2, 0.25) is 0 Å². The molecule has 0 radical (unpaired) electrons. The van der Waals surface area contributed by atoms with Crippen LogP contribution in [0, 0.1) is 5.92 Å². The SMILES string of the molecule is CC[C@H](C)[C@@H](C(=O)OC)N(Br)C(=O)C(F)(F)F. The Balaban J connectivity index is 5.07. The zero-order valence-corrected chi connectivity index (χ0v) is 11.1. The van der Waals surface area contributed by atoms with Gasteiger partial charge < -0.3 is 4.74 Å². The molecule has 0 bridgehead atoms. The van der Waals surface area contributed by atoms with Gasteiger partial charge in [0.15, 0.2) is 0 Å². The number of halogens is 4. The van der Waals surface area contributed by atoms with Crippen molar-refractivity contribution >= 4 is 28.0 Å².